The highest BCUT2D eigenvalue weighted by Crippen LogP contribution is 2.73. The second-order valence-corrected chi connectivity index (χ2v) is 13.0. The van der Waals surface area contributed by atoms with E-state index >= 15 is 0 Å². The van der Waals surface area contributed by atoms with E-state index in [0.717, 1.165) is 20.1 Å². The maximum Gasteiger partial charge on any atom is 0.331 e. The number of aliphatic hydroxyl groups excluding tert-OH is 3. The third-order valence-electron chi connectivity index (χ3n) is 11.0. The van der Waals surface area contributed by atoms with Crippen LogP contribution in [0.1, 0.15) is 58.6 Å². The van der Waals surface area contributed by atoms with E-state index in [1.165, 1.54) is 39.4 Å². The SMILES string of the molecule is COC(=O)C[C@H]1[C@@](C)(CO)[C@H](OC(C)=O)[C@@]2(O)C[C@]1(C)[C@@]1(O)C[C@H](O)[C@]3(C)C(=CC(=O)O[C@H]3c3ccoc3)[C@@]1(O)[C@@H]2O. The zero-order valence-corrected chi connectivity index (χ0v) is 24.1. The summed E-state index contributed by atoms with van der Waals surface area (Å²) in [5.41, 5.74) is -13.0. The summed E-state index contributed by atoms with van der Waals surface area (Å²) in [5.74, 6) is -3.75. The molecule has 1 aromatic rings. The van der Waals surface area contributed by atoms with Crippen molar-refractivity contribution in [2.24, 2.45) is 22.2 Å². The first-order chi connectivity index (χ1) is 19.4. The lowest BCUT2D eigenvalue weighted by Gasteiger charge is -2.75. The highest BCUT2D eigenvalue weighted by Gasteiger charge is 2.85. The highest BCUT2D eigenvalue weighted by atomic mass is 16.6. The monoisotopic (exact) mass is 594 g/mol. The van der Waals surface area contributed by atoms with Gasteiger partial charge in [-0.1, -0.05) is 13.8 Å². The molecule has 4 aliphatic rings. The third-order valence-corrected chi connectivity index (χ3v) is 11.0. The van der Waals surface area contributed by atoms with Crippen molar-refractivity contribution < 1.29 is 63.7 Å². The number of hydrogen-bond donors (Lipinski definition) is 6. The van der Waals surface area contributed by atoms with E-state index in [0.29, 0.717) is 5.56 Å². The molecule has 5 rings (SSSR count). The fourth-order valence-electron chi connectivity index (χ4n) is 8.94. The van der Waals surface area contributed by atoms with Crippen LogP contribution in [0.5, 0.6) is 0 Å². The molecule has 6 N–H and O–H groups in total. The van der Waals surface area contributed by atoms with Crippen molar-refractivity contribution >= 4 is 17.9 Å². The largest absolute Gasteiger partial charge is 0.472 e. The van der Waals surface area contributed by atoms with Crippen LogP contribution in [0, 0.1) is 22.2 Å². The maximum atomic E-state index is 13.0. The molecule has 2 heterocycles. The van der Waals surface area contributed by atoms with Crippen molar-refractivity contribution in [1.29, 1.82) is 0 Å². The number of carbonyl (C=O) groups is 3. The molecule has 3 fully saturated rings. The fourth-order valence-corrected chi connectivity index (χ4v) is 8.94. The van der Waals surface area contributed by atoms with E-state index < -0.39 is 107 Å². The Bertz CT molecular complexity index is 1320. The van der Waals surface area contributed by atoms with Gasteiger partial charge in [0.2, 0.25) is 0 Å². The standard InChI is InChI=1S/C29H38O13/c1-14(31)41-23-24(2,13-30)16(8-19(33)39-5)25(3)12-27(23,36)22(35)29(38)17-9-20(34)42-21(15-6-7-40-11-15)26(17,4)18(32)10-28(25,29)37/h6-7,9,11,16,18,21-23,30,32,35-38H,8,10,12-13H2,1-5H3/t16-,18-,21-,22+,23-,24+,25-,26-,27+,28-,29+/m0/s1. The van der Waals surface area contributed by atoms with E-state index in [-0.39, 0.29) is 5.57 Å². The van der Waals surface area contributed by atoms with Gasteiger partial charge >= 0.3 is 17.9 Å². The lowest BCUT2D eigenvalue weighted by Crippen LogP contribution is -2.89. The predicted octanol–water partition coefficient (Wildman–Crippen LogP) is -0.338. The normalized spacial score (nSPS) is 47.8. The number of carbonyl (C=O) groups excluding carboxylic acids is 3. The Labute approximate surface area is 241 Å². The number of fused-ring (bicyclic) bond motifs is 6. The Hall–Kier alpha value is -2.81. The zero-order chi connectivity index (χ0) is 31.3. The average Bonchev–Trinajstić information content (AvgIpc) is 3.46. The van der Waals surface area contributed by atoms with E-state index in [1.54, 1.807) is 0 Å². The maximum absolute atomic E-state index is 13.0. The number of ether oxygens (including phenoxy) is 3. The minimum absolute atomic E-state index is 0.318. The Morgan fingerprint density at radius 2 is 1.81 bits per heavy atom. The summed E-state index contributed by atoms with van der Waals surface area (Å²) in [7, 11) is 1.14. The second-order valence-electron chi connectivity index (χ2n) is 13.0. The van der Waals surface area contributed by atoms with E-state index in [9.17, 15) is 45.0 Å². The summed E-state index contributed by atoms with van der Waals surface area (Å²) in [6.45, 7) is 4.68. The van der Waals surface area contributed by atoms with Gasteiger partial charge in [0.15, 0.2) is 0 Å². The van der Waals surface area contributed by atoms with Gasteiger partial charge in [0.05, 0.1) is 37.8 Å². The summed E-state index contributed by atoms with van der Waals surface area (Å²) >= 11 is 0. The molecule has 13 heteroatoms. The Balaban J connectivity index is 1.82. The smallest absolute Gasteiger partial charge is 0.331 e. The van der Waals surface area contributed by atoms with Gasteiger partial charge in [0.25, 0.3) is 0 Å². The lowest BCUT2D eigenvalue weighted by molar-refractivity contribution is -0.394. The first-order valence-electron chi connectivity index (χ1n) is 13.7. The Kier molecular flexibility index (Phi) is 6.82. The van der Waals surface area contributed by atoms with Crippen LogP contribution in [-0.2, 0) is 28.6 Å². The average molecular weight is 595 g/mol. The van der Waals surface area contributed by atoms with Gasteiger partial charge in [-0.3, -0.25) is 9.59 Å². The lowest BCUT2D eigenvalue weighted by atomic mass is 9.33. The minimum atomic E-state index is -2.87. The molecule has 0 radical (unpaired) electrons. The molecule has 2 bridgehead atoms. The number of hydrogen-bond acceptors (Lipinski definition) is 13. The number of cyclic esters (lactones) is 1. The van der Waals surface area contributed by atoms with E-state index in [4.69, 9.17) is 18.6 Å². The zero-order valence-electron chi connectivity index (χ0n) is 24.1. The molecule has 0 amide bonds. The molecular formula is C29H38O13. The second kappa shape index (κ2) is 9.34. The van der Waals surface area contributed by atoms with Crippen LogP contribution in [0.3, 0.4) is 0 Å². The van der Waals surface area contributed by atoms with Crippen LogP contribution < -0.4 is 0 Å². The first-order valence-corrected chi connectivity index (χ1v) is 13.7. The summed E-state index contributed by atoms with van der Waals surface area (Å²) in [6, 6.07) is 1.50. The molecule has 0 saturated heterocycles. The molecule has 0 spiro atoms. The topological polar surface area (TPSA) is 213 Å². The van der Waals surface area contributed by atoms with Gasteiger partial charge in [-0.05, 0) is 30.9 Å². The third kappa shape index (κ3) is 3.49. The van der Waals surface area contributed by atoms with Gasteiger partial charge in [-0.25, -0.2) is 4.79 Å². The molecular weight excluding hydrogens is 556 g/mol. The molecule has 232 valence electrons. The quantitative estimate of drug-likeness (QED) is 0.190. The van der Waals surface area contributed by atoms with Gasteiger partial charge in [-0.2, -0.15) is 0 Å². The highest BCUT2D eigenvalue weighted by molar-refractivity contribution is 5.86. The van der Waals surface area contributed by atoms with Gasteiger partial charge in [0.1, 0.15) is 35.1 Å². The van der Waals surface area contributed by atoms with Crippen LogP contribution in [0.15, 0.2) is 34.7 Å². The molecule has 1 aliphatic heterocycles. The predicted molar refractivity (Wildman–Crippen MR) is 139 cm³/mol. The number of esters is 3. The Morgan fingerprint density at radius 1 is 1.14 bits per heavy atom. The van der Waals surface area contributed by atoms with E-state index in [2.05, 4.69) is 0 Å². The summed E-state index contributed by atoms with van der Waals surface area (Å²) < 4.78 is 21.2. The van der Waals surface area contributed by atoms with Crippen LogP contribution in [0.25, 0.3) is 0 Å². The van der Waals surface area contributed by atoms with Crippen LogP contribution in [0.4, 0.5) is 0 Å². The molecule has 13 nitrogen and oxygen atoms in total. The summed E-state index contributed by atoms with van der Waals surface area (Å²) in [4.78, 5) is 38.1. The van der Waals surface area contributed by atoms with Crippen molar-refractivity contribution in [2.75, 3.05) is 13.7 Å². The van der Waals surface area contributed by atoms with Crippen LogP contribution in [0.2, 0.25) is 0 Å². The molecule has 0 unspecified atom stereocenters. The van der Waals surface area contributed by atoms with Gasteiger partial charge in [-0.15, -0.1) is 0 Å². The van der Waals surface area contributed by atoms with Gasteiger partial charge < -0.3 is 49.3 Å². The molecule has 3 aliphatic carbocycles. The Morgan fingerprint density at radius 3 is 2.36 bits per heavy atom. The number of aliphatic hydroxyl groups is 6. The minimum Gasteiger partial charge on any atom is -0.472 e. The number of furan rings is 1. The van der Waals surface area contributed by atoms with Crippen LogP contribution >= 0.6 is 0 Å². The molecule has 3 saturated carbocycles. The molecule has 0 aromatic carbocycles. The number of methoxy groups -OCH3 is 1. The molecule has 1 aromatic heterocycles. The molecule has 42 heavy (non-hydrogen) atoms. The van der Waals surface area contributed by atoms with E-state index in [1.807, 2.05) is 0 Å². The number of rotatable bonds is 5. The van der Waals surface area contributed by atoms with Gasteiger partial charge in [0, 0.05) is 42.2 Å². The van der Waals surface area contributed by atoms with Crippen molar-refractivity contribution in [3.05, 3.63) is 35.8 Å². The summed E-state index contributed by atoms with van der Waals surface area (Å²) in [6.07, 6.45) is -4.87. The van der Waals surface area contributed by atoms with Crippen LogP contribution in [-0.4, -0.2) is 97.4 Å². The van der Waals surface area contributed by atoms with Crippen molar-refractivity contribution in [3.8, 4) is 0 Å². The summed E-state index contributed by atoms with van der Waals surface area (Å²) in [5, 5.41) is 72.5. The van der Waals surface area contributed by atoms with Crippen molar-refractivity contribution in [1.82, 2.24) is 0 Å². The molecule has 11 atom stereocenters. The van der Waals surface area contributed by atoms with Crippen molar-refractivity contribution in [2.45, 2.75) is 88.2 Å². The fraction of sp³-hybridized carbons (Fsp3) is 0.690. The van der Waals surface area contributed by atoms with Crippen molar-refractivity contribution in [3.63, 3.8) is 0 Å². The first kappa shape index (κ1) is 30.6.